The number of benzene rings is 1. The Bertz CT molecular complexity index is 341. The normalized spacial score (nSPS) is 20.4. The van der Waals surface area contributed by atoms with Gasteiger partial charge in [-0.3, -0.25) is 0 Å². The van der Waals surface area contributed by atoms with Gasteiger partial charge in [0.25, 0.3) is 0 Å². The van der Waals surface area contributed by atoms with Crippen LogP contribution in [-0.4, -0.2) is 23.0 Å². The number of hydrogen-bond acceptors (Lipinski definition) is 3. The molecule has 0 fully saturated rings. The van der Waals surface area contributed by atoms with E-state index in [0.29, 0.717) is 18.5 Å². The molecule has 0 bridgehead atoms. The summed E-state index contributed by atoms with van der Waals surface area (Å²) in [6.07, 6.45) is -0.814. The third kappa shape index (κ3) is 1.58. The number of anilines is 1. The lowest BCUT2D eigenvalue weighted by atomic mass is 9.90. The van der Waals surface area contributed by atoms with Crippen LogP contribution >= 0.6 is 0 Å². The molecule has 3 N–H and O–H groups in total. The lowest BCUT2D eigenvalue weighted by Gasteiger charge is -2.27. The summed E-state index contributed by atoms with van der Waals surface area (Å²) < 4.78 is 12.9. The Morgan fingerprint density at radius 3 is 2.93 bits per heavy atom. The summed E-state index contributed by atoms with van der Waals surface area (Å²) in [4.78, 5) is 0. The van der Waals surface area contributed by atoms with Crippen molar-refractivity contribution < 1.29 is 14.6 Å². The molecule has 2 rings (SSSR count). The molecule has 1 aromatic rings. The van der Waals surface area contributed by atoms with Gasteiger partial charge >= 0.3 is 0 Å². The van der Waals surface area contributed by atoms with Gasteiger partial charge in [0.2, 0.25) is 0 Å². The quantitative estimate of drug-likeness (QED) is 0.589. The zero-order valence-corrected chi connectivity index (χ0v) is 7.57. The van der Waals surface area contributed by atoms with Crippen molar-refractivity contribution in [3.63, 3.8) is 0 Å². The first-order chi connectivity index (χ1) is 6.68. The van der Waals surface area contributed by atoms with E-state index >= 15 is 0 Å². The second-order valence-corrected chi connectivity index (χ2v) is 3.47. The predicted octanol–water partition coefficient (Wildman–Crippen LogP) is 1.04. The van der Waals surface area contributed by atoms with Crippen molar-refractivity contribution in [2.75, 3.05) is 11.9 Å². The molecule has 14 heavy (non-hydrogen) atoms. The molecule has 0 amide bonds. The molecule has 3 nitrogen and oxygen atoms in total. The first kappa shape index (κ1) is 9.43. The van der Waals surface area contributed by atoms with Gasteiger partial charge < -0.3 is 15.5 Å². The molecule has 1 aromatic carbocycles. The average molecular weight is 197 g/mol. The molecule has 4 heteroatoms. The van der Waals surface area contributed by atoms with Crippen molar-refractivity contribution in [3.8, 4) is 0 Å². The molecule has 0 spiro atoms. The monoisotopic (exact) mass is 197 g/mol. The van der Waals surface area contributed by atoms with E-state index in [1.807, 2.05) is 0 Å². The minimum atomic E-state index is -1.42. The van der Waals surface area contributed by atoms with Crippen LogP contribution in [0.1, 0.15) is 17.9 Å². The highest BCUT2D eigenvalue weighted by Gasteiger charge is 2.25. The van der Waals surface area contributed by atoms with Gasteiger partial charge in [-0.1, -0.05) is 0 Å². The Labute approximate surface area is 81.2 Å². The Balaban J connectivity index is 2.41. The number of aliphatic hydroxyl groups is 2. The summed E-state index contributed by atoms with van der Waals surface area (Å²) >= 11 is 0. The molecule has 0 saturated carbocycles. The van der Waals surface area contributed by atoms with E-state index < -0.39 is 6.29 Å². The molecule has 76 valence electrons. The van der Waals surface area contributed by atoms with Gasteiger partial charge in [0.15, 0.2) is 6.29 Å². The highest BCUT2D eigenvalue weighted by molar-refractivity contribution is 5.55. The average Bonchev–Trinajstić information content (AvgIpc) is 2.16. The second kappa shape index (κ2) is 3.55. The highest BCUT2D eigenvalue weighted by Crippen LogP contribution is 2.33. The molecule has 0 saturated heterocycles. The van der Waals surface area contributed by atoms with E-state index in [9.17, 15) is 4.39 Å². The van der Waals surface area contributed by atoms with Gasteiger partial charge in [-0.15, -0.1) is 0 Å². The topological polar surface area (TPSA) is 52.5 Å². The molecule has 1 unspecified atom stereocenters. The molecule has 1 heterocycles. The summed E-state index contributed by atoms with van der Waals surface area (Å²) in [6.45, 7) is 0.681. The van der Waals surface area contributed by atoms with Crippen molar-refractivity contribution >= 4 is 5.69 Å². The number of aliphatic hydroxyl groups excluding tert-OH is 1. The minimum Gasteiger partial charge on any atom is -0.385 e. The van der Waals surface area contributed by atoms with Gasteiger partial charge in [0.1, 0.15) is 5.82 Å². The summed E-state index contributed by atoms with van der Waals surface area (Å²) in [5, 5.41) is 21.3. The standard InChI is InChI=1S/C10H12FNO2/c11-6-1-2-9-8(5-6)7(10(13)14)3-4-12-9/h1-2,5,7,10,12-14H,3-4H2. The van der Waals surface area contributed by atoms with Gasteiger partial charge in [-0.2, -0.15) is 0 Å². The third-order valence-electron chi connectivity index (χ3n) is 2.54. The van der Waals surface area contributed by atoms with Gasteiger partial charge in [0, 0.05) is 18.2 Å². The van der Waals surface area contributed by atoms with E-state index in [2.05, 4.69) is 5.32 Å². The van der Waals surface area contributed by atoms with E-state index in [-0.39, 0.29) is 11.7 Å². The van der Waals surface area contributed by atoms with Crippen LogP contribution in [0.15, 0.2) is 18.2 Å². The van der Waals surface area contributed by atoms with Crippen LogP contribution < -0.4 is 5.32 Å². The van der Waals surface area contributed by atoms with Crippen LogP contribution in [0.5, 0.6) is 0 Å². The van der Waals surface area contributed by atoms with Crippen LogP contribution in [0.3, 0.4) is 0 Å². The molecular formula is C10H12FNO2. The van der Waals surface area contributed by atoms with Crippen LogP contribution in [0, 0.1) is 5.82 Å². The lowest BCUT2D eigenvalue weighted by Crippen LogP contribution is -2.26. The number of halogens is 1. The van der Waals surface area contributed by atoms with E-state index in [1.165, 1.54) is 12.1 Å². The SMILES string of the molecule is OC(O)C1CCNc2ccc(F)cc21. The Hall–Kier alpha value is -1.13. The van der Waals surface area contributed by atoms with Crippen molar-refractivity contribution in [2.45, 2.75) is 18.6 Å². The largest absolute Gasteiger partial charge is 0.385 e. The molecule has 1 atom stereocenters. The Kier molecular flexibility index (Phi) is 2.39. The van der Waals surface area contributed by atoms with E-state index in [4.69, 9.17) is 10.2 Å². The highest BCUT2D eigenvalue weighted by atomic mass is 19.1. The van der Waals surface area contributed by atoms with E-state index in [0.717, 1.165) is 5.69 Å². The fraction of sp³-hybridized carbons (Fsp3) is 0.400. The van der Waals surface area contributed by atoms with Crippen LogP contribution in [-0.2, 0) is 0 Å². The van der Waals surface area contributed by atoms with Gasteiger partial charge in [-0.05, 0) is 30.2 Å². The maximum Gasteiger partial charge on any atom is 0.158 e. The summed E-state index contributed by atoms with van der Waals surface area (Å²) in [5.74, 6) is -0.736. The van der Waals surface area contributed by atoms with Crippen LogP contribution in [0.2, 0.25) is 0 Å². The van der Waals surface area contributed by atoms with Gasteiger partial charge in [-0.25, -0.2) is 4.39 Å². The van der Waals surface area contributed by atoms with Gasteiger partial charge in [0.05, 0.1) is 0 Å². The third-order valence-corrected chi connectivity index (χ3v) is 2.54. The molecule has 0 aromatic heterocycles. The molecule has 1 aliphatic heterocycles. The fourth-order valence-electron chi connectivity index (χ4n) is 1.83. The molecular weight excluding hydrogens is 185 g/mol. The number of nitrogens with one attached hydrogen (secondary N) is 1. The van der Waals surface area contributed by atoms with Crippen molar-refractivity contribution in [2.24, 2.45) is 0 Å². The van der Waals surface area contributed by atoms with Crippen molar-refractivity contribution in [3.05, 3.63) is 29.6 Å². The second-order valence-electron chi connectivity index (χ2n) is 3.47. The summed E-state index contributed by atoms with van der Waals surface area (Å²) in [5.41, 5.74) is 1.43. The minimum absolute atomic E-state index is 0.349. The first-order valence-corrected chi connectivity index (χ1v) is 4.58. The molecule has 1 aliphatic rings. The smallest absolute Gasteiger partial charge is 0.158 e. The maximum absolute atomic E-state index is 12.9. The fourth-order valence-corrected chi connectivity index (χ4v) is 1.83. The zero-order chi connectivity index (χ0) is 10.1. The maximum atomic E-state index is 12.9. The number of fused-ring (bicyclic) bond motifs is 1. The Morgan fingerprint density at radius 1 is 1.43 bits per heavy atom. The number of rotatable bonds is 1. The molecule has 0 aliphatic carbocycles. The summed E-state index contributed by atoms with van der Waals surface area (Å²) in [7, 11) is 0. The van der Waals surface area contributed by atoms with Crippen LogP contribution in [0.25, 0.3) is 0 Å². The summed E-state index contributed by atoms with van der Waals surface area (Å²) in [6, 6.07) is 4.34. The Morgan fingerprint density at radius 2 is 2.21 bits per heavy atom. The zero-order valence-electron chi connectivity index (χ0n) is 7.57. The number of hydrogen-bond donors (Lipinski definition) is 3. The predicted molar refractivity (Wildman–Crippen MR) is 50.5 cm³/mol. The van der Waals surface area contributed by atoms with Crippen molar-refractivity contribution in [1.29, 1.82) is 0 Å². The van der Waals surface area contributed by atoms with Crippen molar-refractivity contribution in [1.82, 2.24) is 0 Å². The lowest BCUT2D eigenvalue weighted by molar-refractivity contribution is -0.0618. The molecule has 0 radical (unpaired) electrons. The van der Waals surface area contributed by atoms with Crippen LogP contribution in [0.4, 0.5) is 10.1 Å². The first-order valence-electron chi connectivity index (χ1n) is 4.58. The van der Waals surface area contributed by atoms with E-state index in [1.54, 1.807) is 6.07 Å².